The molecule has 6 nitrogen and oxygen atoms in total. The maximum absolute atomic E-state index is 12.0. The van der Waals surface area contributed by atoms with E-state index in [-0.39, 0.29) is 5.84 Å². The summed E-state index contributed by atoms with van der Waals surface area (Å²) in [7, 11) is -3.49. The molecule has 100 valence electrons. The van der Waals surface area contributed by atoms with Crippen LogP contribution in [0, 0.1) is 0 Å². The fourth-order valence-corrected chi connectivity index (χ4v) is 1.85. The molecule has 0 spiro atoms. The molecule has 0 radical (unpaired) electrons. The lowest BCUT2D eigenvalue weighted by Gasteiger charge is -2.20. The Hall–Kier alpha value is -1.76. The number of hydrogen-bond donors (Lipinski definition) is 3. The van der Waals surface area contributed by atoms with Crippen LogP contribution in [0.4, 0.5) is 5.69 Å². The molecule has 1 rings (SSSR count). The zero-order valence-electron chi connectivity index (χ0n) is 10.5. The largest absolute Gasteiger partial charge is 0.409 e. The highest BCUT2D eigenvalue weighted by molar-refractivity contribution is 7.94. The van der Waals surface area contributed by atoms with E-state index < -0.39 is 14.8 Å². The topological polar surface area (TPSA) is 105 Å². The van der Waals surface area contributed by atoms with E-state index in [1.807, 2.05) is 0 Å². The molecule has 0 heterocycles. The van der Waals surface area contributed by atoms with Crippen molar-refractivity contribution in [3.8, 4) is 0 Å². The SMILES string of the molecule is CC(C)(C)S(=O)(=O)Nc1cccc(C(N)=NO)c1. The Morgan fingerprint density at radius 3 is 2.50 bits per heavy atom. The summed E-state index contributed by atoms with van der Waals surface area (Å²) in [5.41, 5.74) is 6.24. The van der Waals surface area contributed by atoms with Gasteiger partial charge in [-0.05, 0) is 32.9 Å². The second kappa shape index (κ2) is 4.85. The summed E-state index contributed by atoms with van der Waals surface area (Å²) in [6, 6.07) is 6.33. The van der Waals surface area contributed by atoms with Gasteiger partial charge in [0.25, 0.3) is 0 Å². The van der Waals surface area contributed by atoms with E-state index >= 15 is 0 Å². The zero-order valence-corrected chi connectivity index (χ0v) is 11.3. The van der Waals surface area contributed by atoms with E-state index in [1.165, 1.54) is 6.07 Å². The molecule has 1 aromatic carbocycles. The highest BCUT2D eigenvalue weighted by Gasteiger charge is 2.28. The molecule has 0 aliphatic rings. The number of nitrogens with zero attached hydrogens (tertiary/aromatic N) is 1. The van der Waals surface area contributed by atoms with Gasteiger partial charge in [-0.3, -0.25) is 4.72 Å². The van der Waals surface area contributed by atoms with Crippen LogP contribution in [0.3, 0.4) is 0 Å². The summed E-state index contributed by atoms with van der Waals surface area (Å²) in [4.78, 5) is 0. The Morgan fingerprint density at radius 2 is 2.00 bits per heavy atom. The molecule has 0 amide bonds. The molecule has 0 saturated heterocycles. The van der Waals surface area contributed by atoms with Gasteiger partial charge < -0.3 is 10.9 Å². The molecule has 0 bridgehead atoms. The van der Waals surface area contributed by atoms with E-state index in [2.05, 4.69) is 9.88 Å². The number of rotatable bonds is 3. The Kier molecular flexibility index (Phi) is 3.85. The molecule has 1 aromatic rings. The third-order valence-corrected chi connectivity index (χ3v) is 4.44. The Bertz CT molecular complexity index is 559. The van der Waals surface area contributed by atoms with Crippen molar-refractivity contribution in [1.29, 1.82) is 0 Å². The summed E-state index contributed by atoms with van der Waals surface area (Å²) in [6.07, 6.45) is 0. The number of amidine groups is 1. The standard InChI is InChI=1S/C11H17N3O3S/c1-11(2,3)18(16,17)14-9-6-4-5-8(7-9)10(12)13-15/h4-7,14-15H,1-3H3,(H2,12,13). The number of nitrogens with one attached hydrogen (secondary N) is 1. The van der Waals surface area contributed by atoms with Gasteiger partial charge in [0.1, 0.15) is 0 Å². The number of benzene rings is 1. The van der Waals surface area contributed by atoms with Crippen LogP contribution in [0.1, 0.15) is 26.3 Å². The van der Waals surface area contributed by atoms with Crippen LogP contribution in [0.25, 0.3) is 0 Å². The third kappa shape index (κ3) is 3.13. The smallest absolute Gasteiger partial charge is 0.237 e. The summed E-state index contributed by atoms with van der Waals surface area (Å²) < 4.78 is 25.4. The highest BCUT2D eigenvalue weighted by Crippen LogP contribution is 2.20. The van der Waals surface area contributed by atoms with Crippen molar-refractivity contribution in [1.82, 2.24) is 0 Å². The molecule has 0 atom stereocenters. The van der Waals surface area contributed by atoms with Crippen LogP contribution in [0.15, 0.2) is 29.4 Å². The molecule has 0 aliphatic carbocycles. The van der Waals surface area contributed by atoms with Crippen molar-refractivity contribution in [2.75, 3.05) is 4.72 Å². The van der Waals surface area contributed by atoms with Gasteiger partial charge in [0.15, 0.2) is 5.84 Å². The fraction of sp³-hybridized carbons (Fsp3) is 0.364. The van der Waals surface area contributed by atoms with E-state index in [4.69, 9.17) is 10.9 Å². The van der Waals surface area contributed by atoms with E-state index in [1.54, 1.807) is 39.0 Å². The third-order valence-electron chi connectivity index (χ3n) is 2.32. The molecule has 7 heteroatoms. The first kappa shape index (κ1) is 14.3. The molecular formula is C11H17N3O3S. The minimum atomic E-state index is -3.49. The van der Waals surface area contributed by atoms with Crippen molar-refractivity contribution in [3.63, 3.8) is 0 Å². The summed E-state index contributed by atoms with van der Waals surface area (Å²) in [5, 5.41) is 11.4. The number of nitrogens with two attached hydrogens (primary N) is 1. The van der Waals surface area contributed by atoms with Gasteiger partial charge in [-0.25, -0.2) is 8.42 Å². The number of anilines is 1. The predicted octanol–water partition coefficient (Wildman–Crippen LogP) is 1.32. The van der Waals surface area contributed by atoms with Crippen LogP contribution in [0.5, 0.6) is 0 Å². The molecule has 0 saturated carbocycles. The number of oxime groups is 1. The first-order chi connectivity index (χ1) is 8.17. The van der Waals surface area contributed by atoms with Crippen molar-refractivity contribution in [2.45, 2.75) is 25.5 Å². The number of sulfonamides is 1. The van der Waals surface area contributed by atoms with Gasteiger partial charge in [0.05, 0.1) is 4.75 Å². The quantitative estimate of drug-likeness (QED) is 0.334. The molecule has 0 aromatic heterocycles. The van der Waals surface area contributed by atoms with Crippen LogP contribution >= 0.6 is 0 Å². The average molecular weight is 271 g/mol. The van der Waals surface area contributed by atoms with Crippen molar-refractivity contribution < 1.29 is 13.6 Å². The van der Waals surface area contributed by atoms with Gasteiger partial charge in [-0.1, -0.05) is 17.3 Å². The van der Waals surface area contributed by atoms with Gasteiger partial charge in [-0.2, -0.15) is 0 Å². The van der Waals surface area contributed by atoms with Crippen molar-refractivity contribution in [2.24, 2.45) is 10.9 Å². The zero-order chi connectivity index (χ0) is 14.0. The van der Waals surface area contributed by atoms with Crippen LogP contribution in [-0.2, 0) is 10.0 Å². The Balaban J connectivity index is 3.08. The lowest BCUT2D eigenvalue weighted by Crippen LogP contribution is -2.33. The van der Waals surface area contributed by atoms with Gasteiger partial charge in [0, 0.05) is 11.3 Å². The molecule has 0 aliphatic heterocycles. The minimum absolute atomic E-state index is 0.0770. The molecule has 0 fully saturated rings. The lowest BCUT2D eigenvalue weighted by molar-refractivity contribution is 0.318. The van der Waals surface area contributed by atoms with Gasteiger partial charge >= 0.3 is 0 Å². The predicted molar refractivity (Wildman–Crippen MR) is 71.2 cm³/mol. The number of hydrogen-bond acceptors (Lipinski definition) is 4. The highest BCUT2D eigenvalue weighted by atomic mass is 32.2. The minimum Gasteiger partial charge on any atom is -0.409 e. The van der Waals surface area contributed by atoms with E-state index in [9.17, 15) is 8.42 Å². The molecule has 4 N–H and O–H groups in total. The Labute approximate surface area is 107 Å². The van der Waals surface area contributed by atoms with Gasteiger partial charge in [-0.15, -0.1) is 0 Å². The second-order valence-corrected chi connectivity index (χ2v) is 7.22. The summed E-state index contributed by atoms with van der Waals surface area (Å²) in [6.45, 7) is 4.80. The van der Waals surface area contributed by atoms with Crippen LogP contribution in [0.2, 0.25) is 0 Å². The van der Waals surface area contributed by atoms with Crippen LogP contribution in [-0.4, -0.2) is 24.2 Å². The monoisotopic (exact) mass is 271 g/mol. The fourth-order valence-electron chi connectivity index (χ4n) is 1.11. The summed E-state index contributed by atoms with van der Waals surface area (Å²) >= 11 is 0. The second-order valence-electron chi connectivity index (χ2n) is 4.78. The average Bonchev–Trinajstić information content (AvgIpc) is 2.26. The van der Waals surface area contributed by atoms with Gasteiger partial charge in [0.2, 0.25) is 10.0 Å². The normalized spacial score (nSPS) is 13.4. The first-order valence-corrected chi connectivity index (χ1v) is 6.76. The van der Waals surface area contributed by atoms with E-state index in [0.717, 1.165) is 0 Å². The van der Waals surface area contributed by atoms with E-state index in [0.29, 0.717) is 11.3 Å². The molecule has 18 heavy (non-hydrogen) atoms. The first-order valence-electron chi connectivity index (χ1n) is 5.28. The van der Waals surface area contributed by atoms with Crippen LogP contribution < -0.4 is 10.5 Å². The lowest BCUT2D eigenvalue weighted by atomic mass is 10.2. The molecule has 0 unspecified atom stereocenters. The Morgan fingerprint density at radius 1 is 1.39 bits per heavy atom. The van der Waals surface area contributed by atoms with Crippen molar-refractivity contribution in [3.05, 3.63) is 29.8 Å². The molecular weight excluding hydrogens is 254 g/mol. The maximum atomic E-state index is 12.0. The maximum Gasteiger partial charge on any atom is 0.237 e. The van der Waals surface area contributed by atoms with Crippen molar-refractivity contribution >= 4 is 21.5 Å². The summed E-state index contributed by atoms with van der Waals surface area (Å²) in [5.74, 6) is -0.0770.